The second-order valence-corrected chi connectivity index (χ2v) is 7.80. The van der Waals surface area contributed by atoms with Gasteiger partial charge in [0.2, 0.25) is 0 Å². The van der Waals surface area contributed by atoms with Crippen LogP contribution in [0.1, 0.15) is 62.4 Å². The summed E-state index contributed by atoms with van der Waals surface area (Å²) in [7, 11) is 0. The average Bonchev–Trinajstić information content (AvgIpc) is 3.23. The summed E-state index contributed by atoms with van der Waals surface area (Å²) in [6.07, 6.45) is 4.44. The maximum atomic E-state index is 12.3. The van der Waals surface area contributed by atoms with Gasteiger partial charge in [0.15, 0.2) is 6.61 Å². The Morgan fingerprint density at radius 2 is 1.92 bits per heavy atom. The van der Waals surface area contributed by atoms with Crippen LogP contribution in [0.2, 0.25) is 0 Å². The standard InChI is InChI=1S/C19H27NO5S/c1-4-24-19(23)16-14(9-12(2)3)11-26-17(16)20-15(21)10-25-18(22)13-7-5-6-8-13/h11-13H,4-10H2,1-3H3,(H,20,21). The Labute approximate surface area is 158 Å². The summed E-state index contributed by atoms with van der Waals surface area (Å²) in [5.74, 6) is -0.914. The zero-order chi connectivity index (χ0) is 19.1. The van der Waals surface area contributed by atoms with Crippen molar-refractivity contribution in [1.29, 1.82) is 0 Å². The molecule has 2 rings (SSSR count). The van der Waals surface area contributed by atoms with Crippen LogP contribution in [0.25, 0.3) is 0 Å². The molecule has 0 saturated heterocycles. The van der Waals surface area contributed by atoms with E-state index >= 15 is 0 Å². The molecule has 1 fully saturated rings. The van der Waals surface area contributed by atoms with E-state index in [0.717, 1.165) is 37.7 Å². The molecule has 1 saturated carbocycles. The van der Waals surface area contributed by atoms with Gasteiger partial charge in [-0.3, -0.25) is 9.59 Å². The van der Waals surface area contributed by atoms with Crippen LogP contribution in [0.4, 0.5) is 5.00 Å². The molecule has 6 nitrogen and oxygen atoms in total. The number of anilines is 1. The summed E-state index contributed by atoms with van der Waals surface area (Å²) < 4.78 is 10.2. The molecule has 1 aromatic heterocycles. The number of thiophene rings is 1. The van der Waals surface area contributed by atoms with E-state index in [1.807, 2.05) is 5.38 Å². The van der Waals surface area contributed by atoms with Crippen molar-refractivity contribution in [3.05, 3.63) is 16.5 Å². The Morgan fingerprint density at radius 1 is 1.23 bits per heavy atom. The molecule has 0 unspecified atom stereocenters. The van der Waals surface area contributed by atoms with Gasteiger partial charge in [0.05, 0.1) is 18.1 Å². The van der Waals surface area contributed by atoms with Gasteiger partial charge in [-0.2, -0.15) is 0 Å². The van der Waals surface area contributed by atoms with E-state index in [-0.39, 0.29) is 25.1 Å². The molecule has 1 aromatic rings. The van der Waals surface area contributed by atoms with Gasteiger partial charge in [0, 0.05) is 0 Å². The first-order chi connectivity index (χ1) is 12.4. The minimum absolute atomic E-state index is 0.0859. The van der Waals surface area contributed by atoms with Crippen molar-refractivity contribution in [2.24, 2.45) is 11.8 Å². The number of amides is 1. The van der Waals surface area contributed by atoms with Crippen molar-refractivity contribution in [3.8, 4) is 0 Å². The van der Waals surface area contributed by atoms with E-state index in [1.165, 1.54) is 11.3 Å². The normalized spacial score (nSPS) is 14.5. The smallest absolute Gasteiger partial charge is 0.341 e. The largest absolute Gasteiger partial charge is 0.462 e. The Balaban J connectivity index is 2.00. The fourth-order valence-electron chi connectivity index (χ4n) is 3.08. The first-order valence-electron chi connectivity index (χ1n) is 9.16. The zero-order valence-corrected chi connectivity index (χ0v) is 16.4. The molecule has 0 bridgehead atoms. The molecule has 1 amide bonds. The van der Waals surface area contributed by atoms with Gasteiger partial charge in [-0.15, -0.1) is 11.3 Å². The van der Waals surface area contributed by atoms with Crippen LogP contribution in [0, 0.1) is 11.8 Å². The van der Waals surface area contributed by atoms with Crippen LogP contribution < -0.4 is 5.32 Å². The highest BCUT2D eigenvalue weighted by Crippen LogP contribution is 2.31. The number of rotatable bonds is 8. The molecule has 1 N–H and O–H groups in total. The molecule has 0 aliphatic heterocycles. The van der Waals surface area contributed by atoms with Gasteiger partial charge >= 0.3 is 11.9 Å². The highest BCUT2D eigenvalue weighted by Gasteiger charge is 2.26. The molecule has 7 heteroatoms. The lowest BCUT2D eigenvalue weighted by atomic mass is 10.0. The molecule has 26 heavy (non-hydrogen) atoms. The second-order valence-electron chi connectivity index (χ2n) is 6.92. The predicted molar refractivity (Wildman–Crippen MR) is 100 cm³/mol. The van der Waals surface area contributed by atoms with Crippen LogP contribution in [0.15, 0.2) is 5.38 Å². The monoisotopic (exact) mass is 381 g/mol. The van der Waals surface area contributed by atoms with Crippen molar-refractivity contribution in [1.82, 2.24) is 0 Å². The summed E-state index contributed by atoms with van der Waals surface area (Å²) in [5, 5.41) is 5.00. The van der Waals surface area contributed by atoms with Crippen LogP contribution >= 0.6 is 11.3 Å². The Morgan fingerprint density at radius 3 is 2.54 bits per heavy atom. The zero-order valence-electron chi connectivity index (χ0n) is 15.6. The fraction of sp³-hybridized carbons (Fsp3) is 0.632. The molecular weight excluding hydrogens is 354 g/mol. The van der Waals surface area contributed by atoms with Crippen molar-refractivity contribution in [2.75, 3.05) is 18.5 Å². The molecule has 1 aliphatic rings. The summed E-state index contributed by atoms with van der Waals surface area (Å²) in [4.78, 5) is 36.4. The molecule has 0 spiro atoms. The quantitative estimate of drug-likeness (QED) is 0.693. The number of hydrogen-bond donors (Lipinski definition) is 1. The van der Waals surface area contributed by atoms with Crippen LogP contribution in [-0.4, -0.2) is 31.1 Å². The number of hydrogen-bond acceptors (Lipinski definition) is 6. The second kappa shape index (κ2) is 9.71. The fourth-order valence-corrected chi connectivity index (χ4v) is 4.06. The van der Waals surface area contributed by atoms with Gasteiger partial charge in [-0.1, -0.05) is 26.7 Å². The third-order valence-corrected chi connectivity index (χ3v) is 5.21. The third kappa shape index (κ3) is 5.56. The SMILES string of the molecule is CCOC(=O)c1c(CC(C)C)csc1NC(=O)COC(=O)C1CCCC1. The molecule has 1 heterocycles. The molecule has 0 radical (unpaired) electrons. The van der Waals surface area contributed by atoms with Gasteiger partial charge in [-0.25, -0.2) is 4.79 Å². The van der Waals surface area contributed by atoms with Crippen LogP contribution in [0.5, 0.6) is 0 Å². The van der Waals surface area contributed by atoms with Gasteiger partial charge in [0.25, 0.3) is 5.91 Å². The number of carbonyl (C=O) groups excluding carboxylic acids is 3. The average molecular weight is 381 g/mol. The first kappa shape index (κ1) is 20.4. The molecule has 0 aromatic carbocycles. The lowest BCUT2D eigenvalue weighted by molar-refractivity contribution is -0.151. The predicted octanol–water partition coefficient (Wildman–Crippen LogP) is 3.80. The lowest BCUT2D eigenvalue weighted by Crippen LogP contribution is -2.24. The lowest BCUT2D eigenvalue weighted by Gasteiger charge is -2.11. The Kier molecular flexibility index (Phi) is 7.63. The highest BCUT2D eigenvalue weighted by atomic mass is 32.1. The first-order valence-corrected chi connectivity index (χ1v) is 10.0. The van der Waals surface area contributed by atoms with Crippen molar-refractivity contribution in [3.63, 3.8) is 0 Å². The maximum absolute atomic E-state index is 12.3. The minimum Gasteiger partial charge on any atom is -0.462 e. The van der Waals surface area contributed by atoms with Crippen LogP contribution in [0.3, 0.4) is 0 Å². The van der Waals surface area contributed by atoms with E-state index in [0.29, 0.717) is 16.5 Å². The summed E-state index contributed by atoms with van der Waals surface area (Å²) in [5.41, 5.74) is 1.27. The Hall–Kier alpha value is -1.89. The van der Waals surface area contributed by atoms with E-state index in [1.54, 1.807) is 6.92 Å². The van der Waals surface area contributed by atoms with Crippen LogP contribution in [-0.2, 0) is 25.5 Å². The highest BCUT2D eigenvalue weighted by molar-refractivity contribution is 7.15. The number of nitrogens with one attached hydrogen (secondary N) is 1. The number of ether oxygens (including phenoxy) is 2. The summed E-state index contributed by atoms with van der Waals surface area (Å²) >= 11 is 1.29. The van der Waals surface area contributed by atoms with Gasteiger partial charge in [-0.05, 0) is 43.0 Å². The van der Waals surface area contributed by atoms with E-state index in [2.05, 4.69) is 19.2 Å². The molecule has 144 valence electrons. The number of carbonyl (C=O) groups is 3. The maximum Gasteiger partial charge on any atom is 0.341 e. The van der Waals surface area contributed by atoms with Crippen molar-refractivity contribution < 1.29 is 23.9 Å². The van der Waals surface area contributed by atoms with E-state index in [9.17, 15) is 14.4 Å². The van der Waals surface area contributed by atoms with E-state index in [4.69, 9.17) is 9.47 Å². The minimum atomic E-state index is -0.445. The van der Waals surface area contributed by atoms with E-state index < -0.39 is 11.9 Å². The van der Waals surface area contributed by atoms with Gasteiger partial charge < -0.3 is 14.8 Å². The Bertz CT molecular complexity index is 646. The third-order valence-electron chi connectivity index (χ3n) is 4.26. The molecular formula is C19H27NO5S. The molecule has 0 atom stereocenters. The summed E-state index contributed by atoms with van der Waals surface area (Å²) in [6.45, 7) is 5.80. The number of esters is 2. The topological polar surface area (TPSA) is 81.7 Å². The van der Waals surface area contributed by atoms with Gasteiger partial charge in [0.1, 0.15) is 5.00 Å². The summed E-state index contributed by atoms with van der Waals surface area (Å²) in [6, 6.07) is 0. The van der Waals surface area contributed by atoms with Crippen molar-refractivity contribution >= 4 is 34.2 Å². The molecule has 1 aliphatic carbocycles. The van der Waals surface area contributed by atoms with Crippen molar-refractivity contribution in [2.45, 2.75) is 52.9 Å².